The molecule has 0 aromatic carbocycles. The Hall–Kier alpha value is -1.41. The maximum atomic E-state index is 11.9. The van der Waals surface area contributed by atoms with Crippen LogP contribution in [0.5, 0.6) is 0 Å². The van der Waals surface area contributed by atoms with Gasteiger partial charge in [-0.05, 0) is 13.3 Å². The van der Waals surface area contributed by atoms with Gasteiger partial charge in [-0.1, -0.05) is 22.9 Å². The summed E-state index contributed by atoms with van der Waals surface area (Å²) in [6.07, 6.45) is 1.62. The summed E-state index contributed by atoms with van der Waals surface area (Å²) in [7, 11) is 0. The van der Waals surface area contributed by atoms with E-state index in [2.05, 4.69) is 20.9 Å². The van der Waals surface area contributed by atoms with Gasteiger partial charge in [0.15, 0.2) is 0 Å². The fourth-order valence-electron chi connectivity index (χ4n) is 2.46. The number of nitrogens with one attached hydrogen (secondary N) is 1. The Balaban J connectivity index is 2.18. The third kappa shape index (κ3) is 3.67. The van der Waals surface area contributed by atoms with E-state index in [1.807, 2.05) is 6.92 Å². The molecule has 1 aromatic heterocycles. The molecule has 3 atom stereocenters. The molecule has 2 rings (SSSR count). The molecule has 8 heteroatoms. The molecule has 1 aromatic rings. The van der Waals surface area contributed by atoms with Crippen LogP contribution in [0.2, 0.25) is 0 Å². The van der Waals surface area contributed by atoms with Gasteiger partial charge in [0.25, 0.3) is 5.56 Å². The first kappa shape index (κ1) is 17.0. The SMILES string of the molecule is CC[C@H]1O[C@@H](n2cc(C)c(=O)[nH]c2=O)C[C@H]1OC(=O)CCBr. The van der Waals surface area contributed by atoms with Crippen molar-refractivity contribution in [2.75, 3.05) is 5.33 Å². The predicted octanol–water partition coefficient (Wildman–Crippen LogP) is 1.24. The molecule has 0 unspecified atom stereocenters. The topological polar surface area (TPSA) is 90.4 Å². The molecule has 0 spiro atoms. The first-order valence-corrected chi connectivity index (χ1v) is 8.31. The van der Waals surface area contributed by atoms with Gasteiger partial charge in [0.2, 0.25) is 0 Å². The number of carbonyl (C=O) groups excluding carboxylic acids is 1. The van der Waals surface area contributed by atoms with Crippen molar-refractivity contribution in [3.05, 3.63) is 32.6 Å². The molecule has 0 amide bonds. The lowest BCUT2D eigenvalue weighted by Gasteiger charge is -2.16. The fourth-order valence-corrected chi connectivity index (χ4v) is 2.79. The van der Waals surface area contributed by atoms with E-state index < -0.39 is 17.5 Å². The number of rotatable bonds is 5. The molecular formula is C14H19BrN2O5. The quantitative estimate of drug-likeness (QED) is 0.618. The molecule has 0 aliphatic carbocycles. The van der Waals surface area contributed by atoms with Gasteiger partial charge in [0, 0.05) is 23.5 Å². The first-order valence-electron chi connectivity index (χ1n) is 7.19. The Kier molecular flexibility index (Phi) is 5.57. The number of ether oxygens (including phenoxy) is 2. The largest absolute Gasteiger partial charge is 0.459 e. The zero-order valence-corrected chi connectivity index (χ0v) is 14.1. The summed E-state index contributed by atoms with van der Waals surface area (Å²) in [6, 6.07) is 0. The van der Waals surface area contributed by atoms with Gasteiger partial charge in [-0.3, -0.25) is 19.1 Å². The second kappa shape index (κ2) is 7.23. The zero-order chi connectivity index (χ0) is 16.3. The highest BCUT2D eigenvalue weighted by molar-refractivity contribution is 9.09. The van der Waals surface area contributed by atoms with Crippen LogP contribution in [-0.2, 0) is 14.3 Å². The minimum atomic E-state index is -0.547. The number of halogens is 1. The van der Waals surface area contributed by atoms with E-state index in [9.17, 15) is 14.4 Å². The van der Waals surface area contributed by atoms with E-state index in [0.717, 1.165) is 0 Å². The second-order valence-electron chi connectivity index (χ2n) is 5.22. The van der Waals surface area contributed by atoms with Gasteiger partial charge < -0.3 is 9.47 Å². The van der Waals surface area contributed by atoms with Gasteiger partial charge in [0.05, 0.1) is 12.5 Å². The lowest BCUT2D eigenvalue weighted by molar-refractivity contribution is -0.151. The second-order valence-corrected chi connectivity index (χ2v) is 6.01. The third-order valence-corrected chi connectivity index (χ3v) is 4.02. The number of carbonyl (C=O) groups is 1. The van der Waals surface area contributed by atoms with E-state index in [4.69, 9.17) is 9.47 Å². The summed E-state index contributed by atoms with van der Waals surface area (Å²) in [5, 5.41) is 0.540. The number of hydrogen-bond donors (Lipinski definition) is 1. The molecular weight excluding hydrogens is 356 g/mol. The van der Waals surface area contributed by atoms with Crippen LogP contribution >= 0.6 is 15.9 Å². The molecule has 0 radical (unpaired) electrons. The third-order valence-electron chi connectivity index (χ3n) is 3.62. The molecule has 1 fully saturated rings. The van der Waals surface area contributed by atoms with Crippen molar-refractivity contribution in [1.82, 2.24) is 9.55 Å². The number of aryl methyl sites for hydroxylation is 1. The highest BCUT2D eigenvalue weighted by atomic mass is 79.9. The van der Waals surface area contributed by atoms with Crippen LogP contribution in [-0.4, -0.2) is 33.1 Å². The Labute approximate surface area is 135 Å². The number of esters is 1. The summed E-state index contributed by atoms with van der Waals surface area (Å²) < 4.78 is 12.6. The Bertz CT molecular complexity index is 653. The van der Waals surface area contributed by atoms with Crippen molar-refractivity contribution >= 4 is 21.9 Å². The fraction of sp³-hybridized carbons (Fsp3) is 0.643. The smallest absolute Gasteiger partial charge is 0.330 e. The molecule has 7 nitrogen and oxygen atoms in total. The summed E-state index contributed by atoms with van der Waals surface area (Å²) in [5.41, 5.74) is -0.509. The van der Waals surface area contributed by atoms with E-state index in [-0.39, 0.29) is 24.6 Å². The van der Waals surface area contributed by atoms with Crippen LogP contribution in [0.4, 0.5) is 0 Å². The average Bonchev–Trinajstić information content (AvgIpc) is 2.85. The van der Waals surface area contributed by atoms with Crippen LogP contribution in [0.15, 0.2) is 15.8 Å². The zero-order valence-electron chi connectivity index (χ0n) is 12.5. The van der Waals surface area contributed by atoms with Crippen molar-refractivity contribution < 1.29 is 14.3 Å². The molecule has 122 valence electrons. The lowest BCUT2D eigenvalue weighted by Crippen LogP contribution is -2.33. The maximum absolute atomic E-state index is 11.9. The number of aromatic amines is 1. The summed E-state index contributed by atoms with van der Waals surface area (Å²) in [4.78, 5) is 37.2. The molecule has 2 heterocycles. The van der Waals surface area contributed by atoms with Crippen molar-refractivity contribution in [2.45, 2.75) is 51.5 Å². The molecule has 1 aliphatic rings. The highest BCUT2D eigenvalue weighted by Crippen LogP contribution is 2.31. The summed E-state index contributed by atoms with van der Waals surface area (Å²) >= 11 is 3.19. The van der Waals surface area contributed by atoms with E-state index in [0.29, 0.717) is 23.7 Å². The first-order chi connectivity index (χ1) is 10.5. The number of aromatic nitrogens is 2. The Morgan fingerprint density at radius 3 is 2.91 bits per heavy atom. The standard InChI is InChI=1S/C14H19BrN2O5/c1-3-9-10(22-12(18)4-5-15)6-11(21-9)17-7-8(2)13(19)16-14(17)20/h7,9-11H,3-6H2,1-2H3,(H,16,19,20)/t9-,10-,11-/m1/s1. The van der Waals surface area contributed by atoms with Crippen LogP contribution in [0.1, 0.15) is 38.0 Å². The predicted molar refractivity (Wildman–Crippen MR) is 83.2 cm³/mol. The lowest BCUT2D eigenvalue weighted by atomic mass is 10.1. The van der Waals surface area contributed by atoms with Crippen molar-refractivity contribution in [3.8, 4) is 0 Å². The van der Waals surface area contributed by atoms with Crippen molar-refractivity contribution in [1.29, 1.82) is 0 Å². The van der Waals surface area contributed by atoms with Gasteiger partial charge in [-0.2, -0.15) is 0 Å². The Morgan fingerprint density at radius 2 is 2.27 bits per heavy atom. The number of alkyl halides is 1. The van der Waals surface area contributed by atoms with E-state index >= 15 is 0 Å². The summed E-state index contributed by atoms with van der Waals surface area (Å²) in [5.74, 6) is -0.297. The van der Waals surface area contributed by atoms with Gasteiger partial charge in [-0.15, -0.1) is 0 Å². The maximum Gasteiger partial charge on any atom is 0.330 e. The highest BCUT2D eigenvalue weighted by Gasteiger charge is 2.38. The van der Waals surface area contributed by atoms with Crippen molar-refractivity contribution in [3.63, 3.8) is 0 Å². The minimum Gasteiger partial charge on any atom is -0.459 e. The number of hydrogen-bond acceptors (Lipinski definition) is 5. The van der Waals surface area contributed by atoms with Gasteiger partial charge >= 0.3 is 11.7 Å². The molecule has 1 saturated heterocycles. The normalized spacial score (nSPS) is 24.4. The van der Waals surface area contributed by atoms with Crippen LogP contribution in [0.25, 0.3) is 0 Å². The minimum absolute atomic E-state index is 0.261. The number of nitrogens with zero attached hydrogens (tertiary/aromatic N) is 1. The Morgan fingerprint density at radius 1 is 1.55 bits per heavy atom. The number of H-pyrrole nitrogens is 1. The molecule has 0 bridgehead atoms. The van der Waals surface area contributed by atoms with Crippen molar-refractivity contribution in [2.24, 2.45) is 0 Å². The van der Waals surface area contributed by atoms with Gasteiger partial charge in [0.1, 0.15) is 12.3 Å². The van der Waals surface area contributed by atoms with Crippen LogP contribution < -0.4 is 11.2 Å². The molecule has 0 saturated carbocycles. The van der Waals surface area contributed by atoms with E-state index in [1.165, 1.54) is 10.8 Å². The average molecular weight is 375 g/mol. The van der Waals surface area contributed by atoms with Gasteiger partial charge in [-0.25, -0.2) is 4.79 Å². The van der Waals surface area contributed by atoms with Crippen LogP contribution in [0.3, 0.4) is 0 Å². The monoisotopic (exact) mass is 374 g/mol. The molecule has 22 heavy (non-hydrogen) atoms. The molecule has 1 aliphatic heterocycles. The van der Waals surface area contributed by atoms with E-state index in [1.54, 1.807) is 6.92 Å². The molecule has 1 N–H and O–H groups in total. The van der Waals surface area contributed by atoms with Crippen LogP contribution in [0, 0.1) is 6.92 Å². The summed E-state index contributed by atoms with van der Waals surface area (Å²) in [6.45, 7) is 3.55.